The molecule has 1 aromatic heterocycles. The van der Waals surface area contributed by atoms with Crippen LogP contribution in [0.4, 0.5) is 0 Å². The molecule has 0 saturated carbocycles. The van der Waals surface area contributed by atoms with Crippen molar-refractivity contribution >= 4 is 10.8 Å². The van der Waals surface area contributed by atoms with Crippen molar-refractivity contribution in [3.63, 3.8) is 0 Å². The second kappa shape index (κ2) is 5.32. The summed E-state index contributed by atoms with van der Waals surface area (Å²) in [6.45, 7) is 0. The molecule has 106 valence electrons. The van der Waals surface area contributed by atoms with Gasteiger partial charge in [0.15, 0.2) is 11.5 Å². The molecule has 21 heavy (non-hydrogen) atoms. The minimum absolute atomic E-state index is 0.0102. The van der Waals surface area contributed by atoms with E-state index in [0.717, 1.165) is 22.0 Å². The van der Waals surface area contributed by atoms with Crippen LogP contribution in [0, 0.1) is 0 Å². The molecule has 1 N–H and O–H groups in total. The quantitative estimate of drug-likeness (QED) is 0.796. The molecular weight excluding hydrogens is 266 g/mol. The Bertz CT molecular complexity index is 769. The van der Waals surface area contributed by atoms with E-state index in [9.17, 15) is 5.11 Å². The number of fused-ring (bicyclic) bond motifs is 1. The highest BCUT2D eigenvalue weighted by Gasteiger charge is 2.14. The maximum Gasteiger partial charge on any atom is 0.200 e. The topological polar surface area (TPSA) is 51.6 Å². The van der Waals surface area contributed by atoms with E-state index in [0.29, 0.717) is 11.5 Å². The van der Waals surface area contributed by atoms with E-state index in [1.807, 2.05) is 30.3 Å². The second-order valence-corrected chi connectivity index (χ2v) is 4.61. The van der Waals surface area contributed by atoms with Gasteiger partial charge in [-0.2, -0.15) is 0 Å². The zero-order valence-electron chi connectivity index (χ0n) is 11.8. The molecule has 4 heteroatoms. The first-order valence-corrected chi connectivity index (χ1v) is 6.53. The third-order valence-electron chi connectivity index (χ3n) is 3.43. The van der Waals surface area contributed by atoms with E-state index in [1.165, 1.54) is 14.2 Å². The van der Waals surface area contributed by atoms with Crippen molar-refractivity contribution in [2.24, 2.45) is 0 Å². The summed E-state index contributed by atoms with van der Waals surface area (Å²) in [4.78, 5) is 4.46. The molecule has 0 atom stereocenters. The second-order valence-electron chi connectivity index (χ2n) is 4.61. The number of aromatic nitrogens is 1. The van der Waals surface area contributed by atoms with Crippen molar-refractivity contribution < 1.29 is 14.6 Å². The third kappa shape index (κ3) is 2.25. The van der Waals surface area contributed by atoms with E-state index >= 15 is 0 Å². The Morgan fingerprint density at radius 3 is 2.29 bits per heavy atom. The van der Waals surface area contributed by atoms with Gasteiger partial charge in [-0.3, -0.25) is 4.98 Å². The lowest BCUT2D eigenvalue weighted by Gasteiger charge is -2.12. The molecule has 0 unspecified atom stereocenters. The Balaban J connectivity index is 2.28. The molecule has 0 aliphatic rings. The number of rotatable bonds is 3. The number of ether oxygens (including phenoxy) is 2. The number of methoxy groups -OCH3 is 2. The van der Waals surface area contributed by atoms with Crippen molar-refractivity contribution in [2.45, 2.75) is 0 Å². The minimum Gasteiger partial charge on any atom is -0.502 e. The highest BCUT2D eigenvalue weighted by molar-refractivity contribution is 5.95. The summed E-state index contributed by atoms with van der Waals surface area (Å²) in [6.07, 6.45) is 1.77. The summed E-state index contributed by atoms with van der Waals surface area (Å²) < 4.78 is 10.4. The number of nitrogens with zero attached hydrogens (tertiary/aromatic N) is 1. The molecule has 0 spiro atoms. The van der Waals surface area contributed by atoms with Gasteiger partial charge in [0.2, 0.25) is 5.75 Å². The highest BCUT2D eigenvalue weighted by atomic mass is 16.5. The number of pyridine rings is 1. The van der Waals surface area contributed by atoms with Gasteiger partial charge in [0.05, 0.1) is 19.9 Å². The molecule has 1 heterocycles. The van der Waals surface area contributed by atoms with Gasteiger partial charge >= 0.3 is 0 Å². The molecular formula is C17H15NO3. The van der Waals surface area contributed by atoms with Crippen LogP contribution in [0.25, 0.3) is 22.0 Å². The predicted octanol–water partition coefficient (Wildman–Crippen LogP) is 3.62. The Morgan fingerprint density at radius 1 is 0.952 bits per heavy atom. The minimum atomic E-state index is -0.0102. The van der Waals surface area contributed by atoms with Gasteiger partial charge in [-0.15, -0.1) is 0 Å². The first kappa shape index (κ1) is 13.2. The zero-order chi connectivity index (χ0) is 14.8. The molecule has 3 aromatic rings. The van der Waals surface area contributed by atoms with Crippen LogP contribution in [0.5, 0.6) is 17.2 Å². The molecule has 2 aromatic carbocycles. The monoisotopic (exact) mass is 281 g/mol. The van der Waals surface area contributed by atoms with Gasteiger partial charge in [-0.1, -0.05) is 24.3 Å². The van der Waals surface area contributed by atoms with E-state index in [2.05, 4.69) is 4.98 Å². The van der Waals surface area contributed by atoms with E-state index in [1.54, 1.807) is 18.3 Å². The van der Waals surface area contributed by atoms with Crippen molar-refractivity contribution in [2.75, 3.05) is 14.2 Å². The smallest absolute Gasteiger partial charge is 0.200 e. The van der Waals surface area contributed by atoms with Crippen LogP contribution in [0.3, 0.4) is 0 Å². The van der Waals surface area contributed by atoms with E-state index < -0.39 is 0 Å². The Hall–Kier alpha value is -2.75. The number of hydrogen-bond donors (Lipinski definition) is 1. The van der Waals surface area contributed by atoms with Gasteiger partial charge in [0, 0.05) is 17.1 Å². The number of hydrogen-bond acceptors (Lipinski definition) is 4. The first-order valence-electron chi connectivity index (χ1n) is 6.53. The molecule has 0 aliphatic heterocycles. The van der Waals surface area contributed by atoms with E-state index in [-0.39, 0.29) is 5.75 Å². The summed E-state index contributed by atoms with van der Waals surface area (Å²) in [7, 11) is 3.02. The lowest BCUT2D eigenvalue weighted by Crippen LogP contribution is -1.92. The average Bonchev–Trinajstić information content (AvgIpc) is 2.54. The maximum atomic E-state index is 10.0. The van der Waals surface area contributed by atoms with E-state index in [4.69, 9.17) is 9.47 Å². The Kier molecular flexibility index (Phi) is 3.36. The van der Waals surface area contributed by atoms with Gasteiger partial charge in [-0.25, -0.2) is 0 Å². The van der Waals surface area contributed by atoms with Crippen LogP contribution in [0.2, 0.25) is 0 Å². The number of phenols is 1. The van der Waals surface area contributed by atoms with Crippen molar-refractivity contribution in [3.8, 4) is 28.5 Å². The lowest BCUT2D eigenvalue weighted by atomic mass is 10.0. The summed E-state index contributed by atoms with van der Waals surface area (Å²) in [5.74, 6) is 0.710. The van der Waals surface area contributed by atoms with Crippen LogP contribution in [-0.2, 0) is 0 Å². The fourth-order valence-electron chi connectivity index (χ4n) is 2.38. The standard InChI is InChI=1S/C17H15NO3/c1-20-14-9-12(10-15(21-2)17(14)19)16-13-6-4-3-5-11(13)7-8-18-16/h3-10,19H,1-2H3. The highest BCUT2D eigenvalue weighted by Crippen LogP contribution is 2.41. The number of benzene rings is 2. The first-order chi connectivity index (χ1) is 10.2. The van der Waals surface area contributed by atoms with Crippen molar-refractivity contribution in [3.05, 3.63) is 48.7 Å². The molecule has 0 amide bonds. The molecule has 4 nitrogen and oxygen atoms in total. The van der Waals surface area contributed by atoms with Crippen LogP contribution in [0.15, 0.2) is 48.7 Å². The van der Waals surface area contributed by atoms with Gasteiger partial charge < -0.3 is 14.6 Å². The SMILES string of the molecule is COc1cc(-c2nccc3ccccc23)cc(OC)c1O. The normalized spacial score (nSPS) is 10.6. The average molecular weight is 281 g/mol. The molecule has 0 bridgehead atoms. The third-order valence-corrected chi connectivity index (χ3v) is 3.43. The molecule has 0 saturated heterocycles. The Morgan fingerprint density at radius 2 is 1.62 bits per heavy atom. The Labute approximate surface area is 122 Å². The maximum absolute atomic E-state index is 10.0. The fraction of sp³-hybridized carbons (Fsp3) is 0.118. The van der Waals surface area contributed by atoms with Crippen LogP contribution < -0.4 is 9.47 Å². The number of phenolic OH excluding ortho intramolecular Hbond substituents is 1. The molecule has 0 fully saturated rings. The summed E-state index contributed by atoms with van der Waals surface area (Å²) >= 11 is 0. The van der Waals surface area contributed by atoms with Gasteiger partial charge in [0.1, 0.15) is 0 Å². The van der Waals surface area contributed by atoms with Crippen LogP contribution in [0.1, 0.15) is 0 Å². The van der Waals surface area contributed by atoms with Gasteiger partial charge in [-0.05, 0) is 23.6 Å². The van der Waals surface area contributed by atoms with Gasteiger partial charge in [0.25, 0.3) is 0 Å². The summed E-state index contributed by atoms with van der Waals surface area (Å²) in [6, 6.07) is 13.5. The van der Waals surface area contributed by atoms with Crippen LogP contribution >= 0.6 is 0 Å². The zero-order valence-corrected chi connectivity index (χ0v) is 11.8. The largest absolute Gasteiger partial charge is 0.502 e. The number of aromatic hydroxyl groups is 1. The van der Waals surface area contributed by atoms with Crippen LogP contribution in [-0.4, -0.2) is 24.3 Å². The fourth-order valence-corrected chi connectivity index (χ4v) is 2.38. The summed E-state index contributed by atoms with van der Waals surface area (Å²) in [5, 5.41) is 12.1. The molecule has 3 rings (SSSR count). The molecule has 0 aliphatic carbocycles. The van der Waals surface area contributed by atoms with Crippen molar-refractivity contribution in [1.82, 2.24) is 4.98 Å². The lowest BCUT2D eigenvalue weighted by molar-refractivity contribution is 0.340. The van der Waals surface area contributed by atoms with Crippen molar-refractivity contribution in [1.29, 1.82) is 0 Å². The summed E-state index contributed by atoms with van der Waals surface area (Å²) in [5.41, 5.74) is 1.66. The molecule has 0 radical (unpaired) electrons. The predicted molar refractivity (Wildman–Crippen MR) is 81.9 cm³/mol.